The van der Waals surface area contributed by atoms with Gasteiger partial charge in [-0.05, 0) is 36.5 Å². The Morgan fingerprint density at radius 1 is 1.37 bits per heavy atom. The first-order valence-corrected chi connectivity index (χ1v) is 8.50. The SMILES string of the molecule is CC(C)C1(C(=O)O)CCN(C2CSCCC2(C)C)C1. The van der Waals surface area contributed by atoms with Gasteiger partial charge < -0.3 is 5.11 Å². The van der Waals surface area contributed by atoms with Gasteiger partial charge in [-0.15, -0.1) is 0 Å². The standard InChI is InChI=1S/C15H27NO2S/c1-11(2)15(13(17)18)5-7-16(10-15)12-9-19-8-6-14(12,3)4/h11-12H,5-10H2,1-4H3,(H,17,18). The summed E-state index contributed by atoms with van der Waals surface area (Å²) in [6.45, 7) is 10.5. The summed E-state index contributed by atoms with van der Waals surface area (Å²) >= 11 is 2.02. The van der Waals surface area contributed by atoms with Gasteiger partial charge in [-0.1, -0.05) is 27.7 Å². The van der Waals surface area contributed by atoms with Crippen molar-refractivity contribution in [3.05, 3.63) is 0 Å². The first kappa shape index (κ1) is 15.2. The molecule has 2 unspecified atom stereocenters. The molecule has 0 aromatic rings. The van der Waals surface area contributed by atoms with Gasteiger partial charge >= 0.3 is 5.97 Å². The Bertz CT molecular complexity index is 356. The van der Waals surface area contributed by atoms with E-state index >= 15 is 0 Å². The van der Waals surface area contributed by atoms with Crippen LogP contribution in [0.1, 0.15) is 40.5 Å². The van der Waals surface area contributed by atoms with E-state index in [1.54, 1.807) is 0 Å². The number of carboxylic acid groups (broad SMARTS) is 1. The highest BCUT2D eigenvalue weighted by atomic mass is 32.2. The van der Waals surface area contributed by atoms with E-state index in [1.807, 2.05) is 11.8 Å². The largest absolute Gasteiger partial charge is 0.481 e. The molecule has 0 aromatic carbocycles. The summed E-state index contributed by atoms with van der Waals surface area (Å²) in [6, 6.07) is 0.534. The van der Waals surface area contributed by atoms with Gasteiger partial charge in [0.05, 0.1) is 5.41 Å². The summed E-state index contributed by atoms with van der Waals surface area (Å²) < 4.78 is 0. The lowest BCUT2D eigenvalue weighted by Crippen LogP contribution is -2.50. The summed E-state index contributed by atoms with van der Waals surface area (Å²) in [5.74, 6) is 1.99. The molecule has 4 heteroatoms. The first-order chi connectivity index (χ1) is 8.79. The Morgan fingerprint density at radius 3 is 2.53 bits per heavy atom. The van der Waals surface area contributed by atoms with Crippen LogP contribution in [0.4, 0.5) is 0 Å². The molecular weight excluding hydrogens is 258 g/mol. The van der Waals surface area contributed by atoms with E-state index in [1.165, 1.54) is 12.2 Å². The fourth-order valence-electron chi connectivity index (χ4n) is 3.54. The molecule has 3 nitrogen and oxygen atoms in total. The Balaban J connectivity index is 2.15. The van der Waals surface area contributed by atoms with Gasteiger partial charge in [-0.25, -0.2) is 0 Å². The third-order valence-electron chi connectivity index (χ3n) is 5.37. The van der Waals surface area contributed by atoms with E-state index in [0.29, 0.717) is 11.5 Å². The second kappa shape index (κ2) is 5.28. The summed E-state index contributed by atoms with van der Waals surface area (Å²) in [7, 11) is 0. The second-order valence-corrected chi connectivity index (χ2v) is 8.32. The van der Waals surface area contributed by atoms with Gasteiger partial charge in [0.1, 0.15) is 0 Å². The lowest BCUT2D eigenvalue weighted by atomic mass is 9.76. The molecule has 1 N–H and O–H groups in total. The maximum atomic E-state index is 11.7. The Hall–Kier alpha value is -0.220. The fourth-order valence-corrected chi connectivity index (χ4v) is 5.27. The number of hydrogen-bond donors (Lipinski definition) is 1. The third kappa shape index (κ3) is 2.66. The maximum absolute atomic E-state index is 11.7. The van der Waals surface area contributed by atoms with Crippen molar-refractivity contribution < 1.29 is 9.90 Å². The Kier molecular flexibility index (Phi) is 4.22. The van der Waals surface area contributed by atoms with E-state index in [4.69, 9.17) is 0 Å². The van der Waals surface area contributed by atoms with Crippen LogP contribution in [0.25, 0.3) is 0 Å². The van der Waals surface area contributed by atoms with Crippen molar-refractivity contribution in [2.75, 3.05) is 24.6 Å². The average molecular weight is 285 g/mol. The minimum atomic E-state index is -0.605. The van der Waals surface area contributed by atoms with Gasteiger partial charge in [0, 0.05) is 18.3 Å². The molecule has 2 aliphatic rings. The van der Waals surface area contributed by atoms with Crippen molar-refractivity contribution in [2.24, 2.45) is 16.7 Å². The van der Waals surface area contributed by atoms with E-state index in [-0.39, 0.29) is 5.92 Å². The minimum Gasteiger partial charge on any atom is -0.481 e. The van der Waals surface area contributed by atoms with E-state index in [0.717, 1.165) is 25.3 Å². The van der Waals surface area contributed by atoms with E-state index < -0.39 is 11.4 Å². The molecule has 2 aliphatic heterocycles. The Morgan fingerprint density at radius 2 is 2.05 bits per heavy atom. The molecule has 0 radical (unpaired) electrons. The van der Waals surface area contributed by atoms with E-state index in [2.05, 4.69) is 32.6 Å². The summed E-state index contributed by atoms with van der Waals surface area (Å²) in [5.41, 5.74) is -0.213. The van der Waals surface area contributed by atoms with Crippen LogP contribution in [0.5, 0.6) is 0 Å². The van der Waals surface area contributed by atoms with E-state index in [9.17, 15) is 9.90 Å². The molecule has 0 aliphatic carbocycles. The van der Waals surface area contributed by atoms with Crippen LogP contribution in [0.15, 0.2) is 0 Å². The van der Waals surface area contributed by atoms with Crippen molar-refractivity contribution >= 4 is 17.7 Å². The molecule has 19 heavy (non-hydrogen) atoms. The van der Waals surface area contributed by atoms with Crippen molar-refractivity contribution in [1.29, 1.82) is 0 Å². The van der Waals surface area contributed by atoms with Gasteiger partial charge in [0.25, 0.3) is 0 Å². The smallest absolute Gasteiger partial charge is 0.311 e. The molecule has 0 aromatic heterocycles. The van der Waals surface area contributed by atoms with Crippen LogP contribution < -0.4 is 0 Å². The number of thioether (sulfide) groups is 1. The normalized spacial score (nSPS) is 35.7. The Labute approximate surface area is 121 Å². The zero-order valence-electron chi connectivity index (χ0n) is 12.6. The van der Waals surface area contributed by atoms with Crippen molar-refractivity contribution in [2.45, 2.75) is 46.6 Å². The number of aliphatic carboxylic acids is 1. The molecular formula is C15H27NO2S. The van der Waals surface area contributed by atoms with Crippen LogP contribution in [-0.2, 0) is 4.79 Å². The number of carboxylic acids is 1. The first-order valence-electron chi connectivity index (χ1n) is 7.35. The monoisotopic (exact) mass is 285 g/mol. The molecule has 2 heterocycles. The van der Waals surface area contributed by atoms with Gasteiger partial charge in [-0.2, -0.15) is 11.8 Å². The third-order valence-corrected chi connectivity index (χ3v) is 6.42. The number of nitrogens with zero attached hydrogens (tertiary/aromatic N) is 1. The number of likely N-dealkylation sites (tertiary alicyclic amines) is 1. The van der Waals surface area contributed by atoms with Gasteiger partial charge in [0.2, 0.25) is 0 Å². The number of hydrogen-bond acceptors (Lipinski definition) is 3. The molecule has 2 fully saturated rings. The molecule has 0 amide bonds. The highest BCUT2D eigenvalue weighted by Gasteiger charge is 2.50. The summed E-state index contributed by atoms with van der Waals surface area (Å²) in [6.07, 6.45) is 2.04. The lowest BCUT2D eigenvalue weighted by molar-refractivity contribution is -0.151. The van der Waals surface area contributed by atoms with Crippen LogP contribution in [0, 0.1) is 16.7 Å². The maximum Gasteiger partial charge on any atom is 0.311 e. The zero-order chi connectivity index (χ0) is 14.3. The molecule has 110 valence electrons. The molecule has 2 rings (SSSR count). The molecule has 0 bridgehead atoms. The lowest BCUT2D eigenvalue weighted by Gasteiger charge is -2.44. The predicted molar refractivity (Wildman–Crippen MR) is 80.6 cm³/mol. The van der Waals surface area contributed by atoms with Crippen LogP contribution in [0.2, 0.25) is 0 Å². The van der Waals surface area contributed by atoms with Crippen LogP contribution in [0.3, 0.4) is 0 Å². The predicted octanol–water partition coefficient (Wildman–Crippen LogP) is 2.95. The second-order valence-electron chi connectivity index (χ2n) is 7.17. The van der Waals surface area contributed by atoms with Gasteiger partial charge in [-0.3, -0.25) is 9.69 Å². The molecule has 0 spiro atoms. The van der Waals surface area contributed by atoms with Gasteiger partial charge in [0.15, 0.2) is 0 Å². The highest BCUT2D eigenvalue weighted by molar-refractivity contribution is 7.99. The van der Waals surface area contributed by atoms with Crippen molar-refractivity contribution in [1.82, 2.24) is 4.90 Å². The topological polar surface area (TPSA) is 40.5 Å². The molecule has 2 atom stereocenters. The average Bonchev–Trinajstić information content (AvgIpc) is 2.74. The van der Waals surface area contributed by atoms with Crippen molar-refractivity contribution in [3.8, 4) is 0 Å². The molecule has 2 saturated heterocycles. The quantitative estimate of drug-likeness (QED) is 0.865. The molecule has 0 saturated carbocycles. The van der Waals surface area contributed by atoms with Crippen LogP contribution >= 0.6 is 11.8 Å². The summed E-state index contributed by atoms with van der Waals surface area (Å²) in [4.78, 5) is 14.2. The van der Waals surface area contributed by atoms with Crippen LogP contribution in [-0.4, -0.2) is 46.6 Å². The fraction of sp³-hybridized carbons (Fsp3) is 0.933. The number of carbonyl (C=O) groups is 1. The zero-order valence-corrected chi connectivity index (χ0v) is 13.4. The highest BCUT2D eigenvalue weighted by Crippen LogP contribution is 2.44. The van der Waals surface area contributed by atoms with Crippen molar-refractivity contribution in [3.63, 3.8) is 0 Å². The minimum absolute atomic E-state index is 0.203. The summed E-state index contributed by atoms with van der Waals surface area (Å²) in [5, 5.41) is 9.65. The number of rotatable bonds is 3.